The molecule has 23 heteroatoms. The maximum atomic E-state index is 15.1. The Bertz CT molecular complexity index is 2330. The Hall–Kier alpha value is -6.13. The van der Waals surface area contributed by atoms with Crippen molar-refractivity contribution in [2.45, 2.75) is 223 Å². The van der Waals surface area contributed by atoms with Gasteiger partial charge in [0.05, 0.1) is 12.6 Å². The van der Waals surface area contributed by atoms with Crippen molar-refractivity contribution in [1.29, 1.82) is 0 Å². The van der Waals surface area contributed by atoms with Gasteiger partial charge in [0.2, 0.25) is 65.0 Å². The molecule has 0 unspecified atom stereocenters. The van der Waals surface area contributed by atoms with Crippen LogP contribution in [0.4, 0.5) is 0 Å². The van der Waals surface area contributed by atoms with E-state index < -0.39 is 156 Å². The number of rotatable bonds is 15. The minimum Gasteiger partial charge on any atom is -0.390 e. The number of nitrogens with one attached hydrogen (secondary N) is 4. The Morgan fingerprint density at radius 3 is 1.32 bits per heavy atom. The highest BCUT2D eigenvalue weighted by atomic mass is 16.3. The second-order valence-electron chi connectivity index (χ2n) is 26.1. The first-order valence-electron chi connectivity index (χ1n) is 30.6. The van der Waals surface area contributed by atoms with Crippen LogP contribution in [0.1, 0.15) is 156 Å². The van der Waals surface area contributed by atoms with E-state index in [2.05, 4.69) is 21.3 Å². The molecule has 0 aromatic heterocycles. The number of hydrogen-bond acceptors (Lipinski definition) is 12. The smallest absolute Gasteiger partial charge is 0.246 e. The van der Waals surface area contributed by atoms with Crippen molar-refractivity contribution in [2.24, 2.45) is 41.4 Å². The number of carbonyl (C=O) groups excluding carboxylic acids is 11. The van der Waals surface area contributed by atoms with Crippen LogP contribution in [-0.2, 0) is 52.7 Å². The molecule has 486 valence electrons. The molecule has 1 heterocycles. The zero-order valence-corrected chi connectivity index (χ0v) is 56.1. The zero-order chi connectivity index (χ0) is 66.0. The van der Waals surface area contributed by atoms with Gasteiger partial charge in [0.1, 0.15) is 60.4 Å². The molecule has 0 bridgehead atoms. The van der Waals surface area contributed by atoms with Gasteiger partial charge in [-0.3, -0.25) is 52.7 Å². The summed E-state index contributed by atoms with van der Waals surface area (Å²) >= 11 is 0. The third kappa shape index (κ3) is 21.7. The fourth-order valence-corrected chi connectivity index (χ4v) is 10.7. The molecule has 0 aromatic rings. The van der Waals surface area contributed by atoms with E-state index in [0.717, 1.165) is 9.80 Å². The van der Waals surface area contributed by atoms with Gasteiger partial charge in [-0.15, -0.1) is 0 Å². The predicted molar refractivity (Wildman–Crippen MR) is 328 cm³/mol. The Balaban J connectivity index is 4.32. The SMILES string of the molecule is C/C=C/C[C@@H](C)[C@@H](O)[C@H]1C(=O)N[C@@H](CC)C(=O)N(C)CC(=O)N(C)[C@@H](CC(C)C)C(=O)N[C@@H](C(C)C)C(=O)N(C)[C@@H](CC(C)C)C(=O)N[C@@H](C)C(=O)N[C@H](C)C(=O)N(C)[C@@H](CC(C)C)C(=O)N(C)[C@@H](CC(C)C)C(=O)N(C)[C@H](C(C)C)C(=O)N1C. The minimum atomic E-state index is -1.61. The molecule has 1 saturated heterocycles. The van der Waals surface area contributed by atoms with Crippen LogP contribution < -0.4 is 21.3 Å². The first-order chi connectivity index (χ1) is 39.2. The third-order valence-corrected chi connectivity index (χ3v) is 16.1. The van der Waals surface area contributed by atoms with Gasteiger partial charge in [-0.1, -0.05) is 109 Å². The number of amides is 11. The van der Waals surface area contributed by atoms with Gasteiger partial charge in [0.15, 0.2) is 0 Å². The fourth-order valence-electron chi connectivity index (χ4n) is 10.7. The van der Waals surface area contributed by atoms with Gasteiger partial charge in [-0.2, -0.15) is 0 Å². The Morgan fingerprint density at radius 1 is 0.459 bits per heavy atom. The van der Waals surface area contributed by atoms with Crippen molar-refractivity contribution in [3.8, 4) is 0 Å². The quantitative estimate of drug-likeness (QED) is 0.148. The highest BCUT2D eigenvalue weighted by Gasteiger charge is 2.45. The lowest BCUT2D eigenvalue weighted by Crippen LogP contribution is -2.63. The lowest BCUT2D eigenvalue weighted by atomic mass is 9.91. The topological polar surface area (TPSA) is 279 Å². The summed E-state index contributed by atoms with van der Waals surface area (Å²) in [7, 11) is 9.92. The molecule has 85 heavy (non-hydrogen) atoms. The molecular formula is C62H111N11O12. The fraction of sp³-hybridized carbons (Fsp3) is 0.790. The lowest BCUT2D eigenvalue weighted by molar-refractivity contribution is -0.157. The normalized spacial score (nSPS) is 26.9. The summed E-state index contributed by atoms with van der Waals surface area (Å²) in [6, 6.07) is -12.3. The highest BCUT2D eigenvalue weighted by molar-refractivity contribution is 5.99. The van der Waals surface area contributed by atoms with Gasteiger partial charge < -0.3 is 60.7 Å². The second-order valence-corrected chi connectivity index (χ2v) is 26.1. The molecule has 1 aliphatic heterocycles. The molecule has 0 spiro atoms. The first kappa shape index (κ1) is 76.9. The molecule has 0 aromatic carbocycles. The monoisotopic (exact) mass is 1200 g/mol. The van der Waals surface area contributed by atoms with E-state index in [9.17, 15) is 48.3 Å². The van der Waals surface area contributed by atoms with Crippen LogP contribution >= 0.6 is 0 Å². The highest BCUT2D eigenvalue weighted by Crippen LogP contribution is 2.26. The molecule has 1 rings (SSSR count). The van der Waals surface area contributed by atoms with E-state index in [4.69, 9.17) is 0 Å². The second kappa shape index (κ2) is 34.9. The standard InChI is InChI=1S/C62H111N11O12/c1-25-27-28-40(15)52(75)51-56(79)65-43(26-2)58(81)67(18)33-48(74)68(19)44(29-34(3)4)55(78)66-49(38(11)12)61(84)69(20)45(30-35(5)6)54(77)63-41(16)53(76)64-42(17)57(80)70(21)46(31-36(7)8)59(82)71(22)47(32-37(9)10)60(83)72(23)50(39(13)14)62(85)73(51)24/h25,27,34-47,49-52,75H,26,28-33H2,1-24H3,(H,63,77)(H,64,76)(H,65,79)(H,66,78)/b27-25+/t40-,41+,42-,43+,44+,45+,46+,47+,49+,50-,51+,52-/m1/s1. The summed E-state index contributed by atoms with van der Waals surface area (Å²) in [5.41, 5.74) is 0. The van der Waals surface area contributed by atoms with E-state index >= 15 is 9.59 Å². The average Bonchev–Trinajstić information content (AvgIpc) is 3.62. The maximum Gasteiger partial charge on any atom is 0.246 e. The molecule has 11 amide bonds. The molecule has 0 saturated carbocycles. The number of aliphatic hydroxyl groups excluding tert-OH is 1. The Kier molecular flexibility index (Phi) is 31.5. The first-order valence-corrected chi connectivity index (χ1v) is 30.6. The Morgan fingerprint density at radius 2 is 0.871 bits per heavy atom. The van der Waals surface area contributed by atoms with Crippen LogP contribution in [-0.4, -0.2) is 227 Å². The van der Waals surface area contributed by atoms with E-state index in [0.29, 0.717) is 6.42 Å². The molecular weight excluding hydrogens is 1090 g/mol. The molecule has 1 fully saturated rings. The minimum absolute atomic E-state index is 0.0229. The van der Waals surface area contributed by atoms with Crippen molar-refractivity contribution in [3.63, 3.8) is 0 Å². The number of likely N-dealkylation sites (N-methyl/N-ethyl adjacent to an activating group) is 7. The molecule has 5 N–H and O–H groups in total. The number of nitrogens with zero attached hydrogens (tertiary/aromatic N) is 7. The number of carbonyl (C=O) groups is 11. The number of allylic oxidation sites excluding steroid dienone is 2. The Labute approximate surface area is 508 Å². The van der Waals surface area contributed by atoms with Crippen molar-refractivity contribution in [1.82, 2.24) is 55.6 Å². The summed E-state index contributed by atoms with van der Waals surface area (Å²) in [5.74, 6) is -9.71. The molecule has 12 atom stereocenters. The van der Waals surface area contributed by atoms with Gasteiger partial charge in [-0.25, -0.2) is 0 Å². The van der Waals surface area contributed by atoms with Gasteiger partial charge in [-0.05, 0) is 101 Å². The van der Waals surface area contributed by atoms with Crippen LogP contribution in [0.2, 0.25) is 0 Å². The summed E-state index contributed by atoms with van der Waals surface area (Å²) in [4.78, 5) is 169. The van der Waals surface area contributed by atoms with Crippen molar-refractivity contribution in [3.05, 3.63) is 12.2 Å². The van der Waals surface area contributed by atoms with E-state index in [-0.39, 0.29) is 55.8 Å². The summed E-state index contributed by atoms with van der Waals surface area (Å²) in [6.07, 6.45) is 3.04. The van der Waals surface area contributed by atoms with Gasteiger partial charge in [0, 0.05) is 49.3 Å². The largest absolute Gasteiger partial charge is 0.390 e. The molecule has 0 aliphatic carbocycles. The van der Waals surface area contributed by atoms with Crippen molar-refractivity contribution < 1.29 is 57.8 Å². The van der Waals surface area contributed by atoms with Crippen LogP contribution in [0.15, 0.2) is 12.2 Å². The third-order valence-electron chi connectivity index (χ3n) is 16.1. The van der Waals surface area contributed by atoms with Crippen LogP contribution in [0.25, 0.3) is 0 Å². The molecule has 23 nitrogen and oxygen atoms in total. The molecule has 0 radical (unpaired) electrons. The average molecular weight is 1200 g/mol. The summed E-state index contributed by atoms with van der Waals surface area (Å²) in [5, 5.41) is 23.1. The van der Waals surface area contributed by atoms with Crippen molar-refractivity contribution in [2.75, 3.05) is 55.9 Å². The van der Waals surface area contributed by atoms with Crippen molar-refractivity contribution >= 4 is 65.0 Å². The maximum absolute atomic E-state index is 15.1. The molecule has 1 aliphatic rings. The van der Waals surface area contributed by atoms with Gasteiger partial charge >= 0.3 is 0 Å². The van der Waals surface area contributed by atoms with Crippen LogP contribution in [0.3, 0.4) is 0 Å². The van der Waals surface area contributed by atoms with Crippen LogP contribution in [0.5, 0.6) is 0 Å². The number of hydrogen-bond donors (Lipinski definition) is 5. The predicted octanol–water partition coefficient (Wildman–Crippen LogP) is 3.27. The van der Waals surface area contributed by atoms with E-state index in [1.54, 1.807) is 54.5 Å². The van der Waals surface area contributed by atoms with E-state index in [1.165, 1.54) is 87.7 Å². The lowest BCUT2D eigenvalue weighted by Gasteiger charge is -2.41. The van der Waals surface area contributed by atoms with E-state index in [1.807, 2.05) is 61.5 Å². The summed E-state index contributed by atoms with van der Waals surface area (Å²) in [6.45, 7) is 29.3. The van der Waals surface area contributed by atoms with Gasteiger partial charge in [0.25, 0.3) is 0 Å². The summed E-state index contributed by atoms with van der Waals surface area (Å²) < 4.78 is 0. The zero-order valence-electron chi connectivity index (χ0n) is 56.1. The number of aliphatic hydroxyl groups is 1. The van der Waals surface area contributed by atoms with Crippen LogP contribution in [0, 0.1) is 41.4 Å².